The summed E-state index contributed by atoms with van der Waals surface area (Å²) in [6, 6.07) is 13.5. The minimum atomic E-state index is -0.790. The van der Waals surface area contributed by atoms with E-state index < -0.39 is 35.8 Å². The summed E-state index contributed by atoms with van der Waals surface area (Å²) < 4.78 is 36.8. The Balaban J connectivity index is 1.62. The van der Waals surface area contributed by atoms with Crippen molar-refractivity contribution in [2.24, 2.45) is 0 Å². The fourth-order valence-electron chi connectivity index (χ4n) is 3.29. The lowest BCUT2D eigenvalue weighted by Gasteiger charge is -2.24. The highest BCUT2D eigenvalue weighted by molar-refractivity contribution is 5.85. The van der Waals surface area contributed by atoms with Crippen LogP contribution in [-0.2, 0) is 20.8 Å². The lowest BCUT2D eigenvalue weighted by atomic mass is 10.2. The highest BCUT2D eigenvalue weighted by Gasteiger charge is 2.39. The average molecular weight is 461 g/mol. The number of amides is 2. The number of nitrogens with zero attached hydrogens (tertiary/aromatic N) is 1. The van der Waals surface area contributed by atoms with Crippen LogP contribution in [0.1, 0.15) is 26.3 Å². The molecule has 9 heteroatoms. The Kier molecular flexibility index (Phi) is 7.75. The van der Waals surface area contributed by atoms with Crippen molar-refractivity contribution in [3.05, 3.63) is 59.9 Å². The van der Waals surface area contributed by atoms with Crippen LogP contribution in [0.3, 0.4) is 0 Å². The Morgan fingerprint density at radius 3 is 2.42 bits per heavy atom. The van der Waals surface area contributed by atoms with E-state index in [1.807, 2.05) is 30.3 Å². The molecule has 33 heavy (non-hydrogen) atoms. The van der Waals surface area contributed by atoms with Gasteiger partial charge in [-0.25, -0.2) is 14.0 Å². The van der Waals surface area contributed by atoms with Gasteiger partial charge < -0.3 is 23.8 Å². The van der Waals surface area contributed by atoms with Crippen LogP contribution < -0.4 is 10.1 Å². The molecule has 1 heterocycles. The summed E-state index contributed by atoms with van der Waals surface area (Å²) in [5.74, 6) is -0.825. The van der Waals surface area contributed by atoms with Gasteiger partial charge in [0.2, 0.25) is 0 Å². The predicted octanol–water partition coefficient (Wildman–Crippen LogP) is 4.59. The number of halogens is 1. The standard InChI is InChI=1S/C24H29FN2O6/c1-24(2,3)33-23(29)27-13-19(30-4)20(14-27)32-18-12-8-11-17(21(18)25)26-22(28)31-15-16-9-6-5-7-10-16/h5-12,19-20H,13-15H2,1-4H3,(H,26,28)/t19-,20-/m1/s1. The Bertz CT molecular complexity index is 963. The van der Waals surface area contributed by atoms with Gasteiger partial charge in [-0.15, -0.1) is 0 Å². The molecule has 0 unspecified atom stereocenters. The second-order valence-corrected chi connectivity index (χ2v) is 8.62. The predicted molar refractivity (Wildman–Crippen MR) is 120 cm³/mol. The molecular formula is C24H29FN2O6. The van der Waals surface area contributed by atoms with Crippen LogP contribution in [-0.4, -0.2) is 55.1 Å². The number of methoxy groups -OCH3 is 1. The van der Waals surface area contributed by atoms with Gasteiger partial charge in [0.05, 0.1) is 18.8 Å². The summed E-state index contributed by atoms with van der Waals surface area (Å²) in [5, 5.41) is 2.39. The van der Waals surface area contributed by atoms with Crippen LogP contribution in [0.4, 0.5) is 19.7 Å². The zero-order valence-corrected chi connectivity index (χ0v) is 19.2. The van der Waals surface area contributed by atoms with E-state index >= 15 is 4.39 Å². The van der Waals surface area contributed by atoms with E-state index in [9.17, 15) is 9.59 Å². The van der Waals surface area contributed by atoms with E-state index in [0.717, 1.165) is 5.56 Å². The number of carbonyl (C=O) groups is 2. The third-order valence-corrected chi connectivity index (χ3v) is 4.86. The number of rotatable bonds is 6. The molecule has 0 aromatic heterocycles. The van der Waals surface area contributed by atoms with E-state index in [-0.39, 0.29) is 31.1 Å². The fraction of sp³-hybridized carbons (Fsp3) is 0.417. The van der Waals surface area contributed by atoms with Crippen LogP contribution in [0.5, 0.6) is 5.75 Å². The number of benzene rings is 2. The van der Waals surface area contributed by atoms with Gasteiger partial charge in [0.1, 0.15) is 24.4 Å². The van der Waals surface area contributed by atoms with Gasteiger partial charge >= 0.3 is 12.2 Å². The van der Waals surface area contributed by atoms with Crippen molar-refractivity contribution in [3.8, 4) is 5.75 Å². The molecule has 178 valence electrons. The summed E-state index contributed by atoms with van der Waals surface area (Å²) in [7, 11) is 1.50. The molecule has 8 nitrogen and oxygen atoms in total. The molecule has 1 aliphatic rings. The molecule has 0 bridgehead atoms. The van der Waals surface area contributed by atoms with Gasteiger partial charge in [0, 0.05) is 7.11 Å². The summed E-state index contributed by atoms with van der Waals surface area (Å²) in [5.41, 5.74) is 0.0907. The maximum atomic E-state index is 15.0. The number of anilines is 1. The first-order valence-corrected chi connectivity index (χ1v) is 10.6. The van der Waals surface area contributed by atoms with Gasteiger partial charge in [-0.3, -0.25) is 5.32 Å². The third kappa shape index (κ3) is 6.82. The number of nitrogens with one attached hydrogen (secondary N) is 1. The van der Waals surface area contributed by atoms with Crippen molar-refractivity contribution >= 4 is 17.9 Å². The van der Waals surface area contributed by atoms with Gasteiger partial charge in [0.15, 0.2) is 11.6 Å². The van der Waals surface area contributed by atoms with Crippen LogP contribution in [0.25, 0.3) is 0 Å². The van der Waals surface area contributed by atoms with Crippen molar-refractivity contribution in [2.75, 3.05) is 25.5 Å². The van der Waals surface area contributed by atoms with Gasteiger partial charge in [-0.05, 0) is 38.5 Å². The minimum Gasteiger partial charge on any atom is -0.483 e. The molecule has 2 atom stereocenters. The summed E-state index contributed by atoms with van der Waals surface area (Å²) in [4.78, 5) is 26.0. The van der Waals surface area contributed by atoms with Crippen molar-refractivity contribution < 1.29 is 32.9 Å². The van der Waals surface area contributed by atoms with Crippen LogP contribution >= 0.6 is 0 Å². The van der Waals surface area contributed by atoms with E-state index in [2.05, 4.69) is 5.32 Å². The molecule has 0 saturated carbocycles. The third-order valence-electron chi connectivity index (χ3n) is 4.86. The summed E-state index contributed by atoms with van der Waals surface area (Å²) in [6.45, 7) is 5.82. The topological polar surface area (TPSA) is 86.3 Å². The highest BCUT2D eigenvalue weighted by Crippen LogP contribution is 2.28. The maximum absolute atomic E-state index is 15.0. The Morgan fingerprint density at radius 2 is 1.76 bits per heavy atom. The zero-order chi connectivity index (χ0) is 24.0. The van der Waals surface area contributed by atoms with Crippen LogP contribution in [0, 0.1) is 5.82 Å². The second-order valence-electron chi connectivity index (χ2n) is 8.62. The molecular weight excluding hydrogens is 431 g/mol. The molecule has 0 aliphatic carbocycles. The molecule has 2 amide bonds. The smallest absolute Gasteiger partial charge is 0.412 e. The number of ether oxygens (including phenoxy) is 4. The summed E-state index contributed by atoms with van der Waals surface area (Å²) in [6.07, 6.45) is -2.36. The normalized spacial score (nSPS) is 18.0. The van der Waals surface area contributed by atoms with E-state index in [1.54, 1.807) is 26.8 Å². The monoisotopic (exact) mass is 460 g/mol. The van der Waals surface area contributed by atoms with Gasteiger partial charge in [-0.1, -0.05) is 36.4 Å². The first-order chi connectivity index (χ1) is 15.7. The zero-order valence-electron chi connectivity index (χ0n) is 19.2. The molecule has 1 saturated heterocycles. The number of carbonyl (C=O) groups excluding carboxylic acids is 2. The summed E-state index contributed by atoms with van der Waals surface area (Å²) >= 11 is 0. The van der Waals surface area contributed by atoms with Crippen molar-refractivity contribution in [1.82, 2.24) is 4.90 Å². The number of likely N-dealkylation sites (tertiary alicyclic amines) is 1. The largest absolute Gasteiger partial charge is 0.483 e. The van der Waals surface area contributed by atoms with E-state index in [1.165, 1.54) is 24.1 Å². The highest BCUT2D eigenvalue weighted by atomic mass is 19.1. The van der Waals surface area contributed by atoms with Crippen molar-refractivity contribution in [3.63, 3.8) is 0 Å². The Hall–Kier alpha value is -3.33. The van der Waals surface area contributed by atoms with E-state index in [4.69, 9.17) is 18.9 Å². The molecule has 0 spiro atoms. The maximum Gasteiger partial charge on any atom is 0.412 e. The molecule has 1 fully saturated rings. The second kappa shape index (κ2) is 10.5. The lowest BCUT2D eigenvalue weighted by Crippen LogP contribution is -2.36. The van der Waals surface area contributed by atoms with Gasteiger partial charge in [0.25, 0.3) is 0 Å². The number of hydrogen-bond donors (Lipinski definition) is 1. The SMILES string of the molecule is CO[C@@H]1CN(C(=O)OC(C)(C)C)C[C@H]1Oc1cccc(NC(=O)OCc2ccccc2)c1F. The molecule has 1 aliphatic heterocycles. The van der Waals surface area contributed by atoms with Gasteiger partial charge in [-0.2, -0.15) is 0 Å². The van der Waals surface area contributed by atoms with Crippen LogP contribution in [0.15, 0.2) is 48.5 Å². The first kappa shape index (κ1) is 24.3. The molecule has 2 aromatic rings. The van der Waals surface area contributed by atoms with E-state index in [0.29, 0.717) is 0 Å². The molecule has 0 radical (unpaired) electrons. The Morgan fingerprint density at radius 1 is 1.06 bits per heavy atom. The quantitative estimate of drug-likeness (QED) is 0.679. The first-order valence-electron chi connectivity index (χ1n) is 10.6. The molecule has 3 rings (SSSR count). The molecule has 1 N–H and O–H groups in total. The molecule has 2 aromatic carbocycles. The average Bonchev–Trinajstić information content (AvgIpc) is 3.18. The fourth-order valence-corrected chi connectivity index (χ4v) is 3.29. The number of hydrogen-bond acceptors (Lipinski definition) is 6. The Labute approximate surface area is 192 Å². The lowest BCUT2D eigenvalue weighted by molar-refractivity contribution is 0.0239. The van der Waals surface area contributed by atoms with Crippen LogP contribution in [0.2, 0.25) is 0 Å². The van der Waals surface area contributed by atoms with Crippen molar-refractivity contribution in [2.45, 2.75) is 45.2 Å². The van der Waals surface area contributed by atoms with Crippen molar-refractivity contribution in [1.29, 1.82) is 0 Å². The minimum absolute atomic E-state index is 0.0581.